The van der Waals surface area contributed by atoms with E-state index in [1.807, 2.05) is 32.0 Å². The topological polar surface area (TPSA) is 79.2 Å². The van der Waals surface area contributed by atoms with Crippen molar-refractivity contribution in [3.63, 3.8) is 0 Å². The number of benzene rings is 1. The number of aliphatic hydroxyl groups excluding tert-OH is 1. The highest BCUT2D eigenvalue weighted by Gasteiger charge is 2.10. The molecule has 0 fully saturated rings. The largest absolute Gasteiger partial charge is 0.393 e. The van der Waals surface area contributed by atoms with Gasteiger partial charge in [-0.1, -0.05) is 37.6 Å². The number of carbonyl (C=O) groups is 1. The van der Waals surface area contributed by atoms with E-state index >= 15 is 0 Å². The predicted octanol–water partition coefficient (Wildman–Crippen LogP) is 3.05. The van der Waals surface area contributed by atoms with Crippen LogP contribution >= 0.6 is 11.6 Å². The molecule has 0 spiro atoms. The summed E-state index contributed by atoms with van der Waals surface area (Å²) in [5.74, 6) is 0.175. The van der Waals surface area contributed by atoms with Gasteiger partial charge in [0.15, 0.2) is 0 Å². The van der Waals surface area contributed by atoms with Crippen LogP contribution in [0.1, 0.15) is 20.3 Å². The maximum atomic E-state index is 11.8. The summed E-state index contributed by atoms with van der Waals surface area (Å²) in [6, 6.07) is 6.99. The molecule has 1 unspecified atom stereocenters. The van der Waals surface area contributed by atoms with E-state index in [1.165, 1.54) is 0 Å². The van der Waals surface area contributed by atoms with E-state index in [-0.39, 0.29) is 11.9 Å². The Morgan fingerprint density at radius 3 is 2.83 bits per heavy atom. The van der Waals surface area contributed by atoms with E-state index in [9.17, 15) is 9.90 Å². The molecule has 2 amide bonds. The van der Waals surface area contributed by atoms with Crippen LogP contribution in [0.5, 0.6) is 0 Å². The molecule has 0 saturated carbocycles. The number of hydrogen-bond acceptors (Lipinski definition) is 3. The highest BCUT2D eigenvalue weighted by atomic mass is 35.5. The van der Waals surface area contributed by atoms with Crippen molar-refractivity contribution in [1.82, 2.24) is 15.1 Å². The van der Waals surface area contributed by atoms with Crippen molar-refractivity contribution in [2.24, 2.45) is 5.92 Å². The number of aromatic nitrogens is 2. The van der Waals surface area contributed by atoms with Crippen LogP contribution in [0.25, 0.3) is 5.69 Å². The number of hydrogen-bond donors (Lipinski definition) is 3. The highest BCUT2D eigenvalue weighted by Crippen LogP contribution is 2.20. The van der Waals surface area contributed by atoms with Gasteiger partial charge < -0.3 is 15.7 Å². The second-order valence-electron chi connectivity index (χ2n) is 5.61. The minimum Gasteiger partial charge on any atom is -0.393 e. The van der Waals surface area contributed by atoms with Gasteiger partial charge in [-0.05, 0) is 24.5 Å². The first-order chi connectivity index (χ1) is 11.0. The van der Waals surface area contributed by atoms with Crippen LogP contribution < -0.4 is 10.6 Å². The monoisotopic (exact) mass is 336 g/mol. The van der Waals surface area contributed by atoms with Gasteiger partial charge in [-0.25, -0.2) is 9.48 Å². The summed E-state index contributed by atoms with van der Waals surface area (Å²) in [6.45, 7) is 4.28. The first-order valence-electron chi connectivity index (χ1n) is 7.50. The number of rotatable bonds is 6. The van der Waals surface area contributed by atoms with E-state index in [4.69, 9.17) is 11.6 Å². The van der Waals surface area contributed by atoms with Gasteiger partial charge in [-0.3, -0.25) is 0 Å². The number of halogens is 1. The van der Waals surface area contributed by atoms with Crippen LogP contribution in [-0.4, -0.2) is 33.6 Å². The van der Waals surface area contributed by atoms with Crippen molar-refractivity contribution >= 4 is 23.3 Å². The van der Waals surface area contributed by atoms with Crippen molar-refractivity contribution in [3.05, 3.63) is 41.7 Å². The molecule has 0 saturated heterocycles. The van der Waals surface area contributed by atoms with E-state index in [1.54, 1.807) is 23.1 Å². The third-order valence-electron chi connectivity index (χ3n) is 3.43. The van der Waals surface area contributed by atoms with Gasteiger partial charge in [0, 0.05) is 6.54 Å². The maximum absolute atomic E-state index is 11.8. The number of para-hydroxylation sites is 1. The summed E-state index contributed by atoms with van der Waals surface area (Å²) < 4.78 is 1.60. The normalized spacial score (nSPS) is 12.2. The van der Waals surface area contributed by atoms with Crippen LogP contribution in [0.4, 0.5) is 10.5 Å². The number of carbonyl (C=O) groups excluding carboxylic acids is 1. The van der Waals surface area contributed by atoms with Crippen LogP contribution in [0.15, 0.2) is 36.7 Å². The van der Waals surface area contributed by atoms with Gasteiger partial charge in [0.05, 0.1) is 34.9 Å². The summed E-state index contributed by atoms with van der Waals surface area (Å²) in [6.07, 6.45) is 3.33. The number of aliphatic hydroxyl groups is 1. The zero-order valence-electron chi connectivity index (χ0n) is 13.2. The smallest absolute Gasteiger partial charge is 0.319 e. The van der Waals surface area contributed by atoms with Gasteiger partial charge in [0.1, 0.15) is 0 Å². The summed E-state index contributed by atoms with van der Waals surface area (Å²) in [4.78, 5) is 11.8. The third-order valence-corrected chi connectivity index (χ3v) is 3.75. The Labute approximate surface area is 140 Å². The van der Waals surface area contributed by atoms with Gasteiger partial charge in [-0.15, -0.1) is 0 Å². The van der Waals surface area contributed by atoms with Crippen LogP contribution in [0, 0.1) is 5.92 Å². The molecule has 1 aromatic carbocycles. The standard InChI is InChI=1S/C16H21ClN4O2/c1-11(2)15(22)7-8-18-16(23)20-12-9-19-21(10-12)14-6-4-3-5-13(14)17/h3-6,9-11,15,22H,7-8H2,1-2H3,(H2,18,20,23). The second-order valence-corrected chi connectivity index (χ2v) is 6.01. The molecule has 6 nitrogen and oxygen atoms in total. The Morgan fingerprint density at radius 2 is 2.13 bits per heavy atom. The lowest BCUT2D eigenvalue weighted by atomic mass is 10.0. The van der Waals surface area contributed by atoms with E-state index in [2.05, 4.69) is 15.7 Å². The lowest BCUT2D eigenvalue weighted by Crippen LogP contribution is -2.32. The molecule has 7 heteroatoms. The quantitative estimate of drug-likeness (QED) is 0.758. The van der Waals surface area contributed by atoms with Gasteiger partial charge in [0.2, 0.25) is 0 Å². The van der Waals surface area contributed by atoms with E-state index in [0.29, 0.717) is 23.7 Å². The molecule has 124 valence electrons. The maximum Gasteiger partial charge on any atom is 0.319 e. The number of nitrogens with one attached hydrogen (secondary N) is 2. The minimum atomic E-state index is -0.418. The zero-order chi connectivity index (χ0) is 16.8. The van der Waals surface area contributed by atoms with Crippen molar-refractivity contribution in [2.45, 2.75) is 26.4 Å². The first-order valence-corrected chi connectivity index (χ1v) is 7.87. The summed E-state index contributed by atoms with van der Waals surface area (Å²) in [5.41, 5.74) is 1.30. The van der Waals surface area contributed by atoms with Crippen molar-refractivity contribution < 1.29 is 9.90 Å². The van der Waals surface area contributed by atoms with E-state index < -0.39 is 6.10 Å². The first kappa shape index (κ1) is 17.3. The number of nitrogens with zero attached hydrogens (tertiary/aromatic N) is 2. The molecule has 1 aromatic heterocycles. The lowest BCUT2D eigenvalue weighted by Gasteiger charge is -2.14. The second kappa shape index (κ2) is 7.99. The summed E-state index contributed by atoms with van der Waals surface area (Å²) in [7, 11) is 0. The van der Waals surface area contributed by atoms with Crippen LogP contribution in [0.3, 0.4) is 0 Å². The molecule has 1 atom stereocenters. The fourth-order valence-electron chi connectivity index (χ4n) is 2.00. The molecule has 2 rings (SSSR count). The van der Waals surface area contributed by atoms with Crippen LogP contribution in [0.2, 0.25) is 5.02 Å². The Balaban J connectivity index is 1.87. The number of urea groups is 1. The predicted molar refractivity (Wildman–Crippen MR) is 91.1 cm³/mol. The average molecular weight is 337 g/mol. The van der Waals surface area contributed by atoms with Gasteiger partial charge >= 0.3 is 6.03 Å². The minimum absolute atomic E-state index is 0.175. The van der Waals surface area contributed by atoms with Crippen molar-refractivity contribution in [2.75, 3.05) is 11.9 Å². The Hall–Kier alpha value is -2.05. The summed E-state index contributed by atoms with van der Waals surface area (Å²) in [5, 5.41) is 19.8. The summed E-state index contributed by atoms with van der Waals surface area (Å²) >= 11 is 6.11. The Bertz CT molecular complexity index is 657. The molecular formula is C16H21ClN4O2. The molecule has 1 heterocycles. The molecule has 0 aliphatic heterocycles. The molecule has 0 radical (unpaired) electrons. The van der Waals surface area contributed by atoms with Crippen molar-refractivity contribution in [3.8, 4) is 5.69 Å². The molecule has 2 aromatic rings. The van der Waals surface area contributed by atoms with Gasteiger partial charge in [0.25, 0.3) is 0 Å². The SMILES string of the molecule is CC(C)C(O)CCNC(=O)Nc1cnn(-c2ccccc2Cl)c1. The fraction of sp³-hybridized carbons (Fsp3) is 0.375. The third kappa shape index (κ3) is 4.97. The molecular weight excluding hydrogens is 316 g/mol. The van der Waals surface area contributed by atoms with E-state index in [0.717, 1.165) is 5.69 Å². The zero-order valence-corrected chi connectivity index (χ0v) is 13.9. The number of anilines is 1. The molecule has 0 aliphatic carbocycles. The Morgan fingerprint density at radius 1 is 1.39 bits per heavy atom. The Kier molecular flexibility index (Phi) is 6.01. The van der Waals surface area contributed by atoms with Crippen molar-refractivity contribution in [1.29, 1.82) is 0 Å². The average Bonchev–Trinajstić information content (AvgIpc) is 2.95. The molecule has 3 N–H and O–H groups in total. The van der Waals surface area contributed by atoms with Gasteiger partial charge in [-0.2, -0.15) is 5.10 Å². The fourth-order valence-corrected chi connectivity index (χ4v) is 2.22. The lowest BCUT2D eigenvalue weighted by molar-refractivity contribution is 0.117. The van der Waals surface area contributed by atoms with Crippen LogP contribution in [-0.2, 0) is 0 Å². The molecule has 0 aliphatic rings. The highest BCUT2D eigenvalue weighted by molar-refractivity contribution is 6.32. The number of amides is 2. The molecule has 23 heavy (non-hydrogen) atoms. The molecule has 0 bridgehead atoms.